The number of anilines is 3. The molecule has 15 heavy (non-hydrogen) atoms. The summed E-state index contributed by atoms with van der Waals surface area (Å²) in [6.45, 7) is 0. The van der Waals surface area contributed by atoms with E-state index in [9.17, 15) is 0 Å². The standard InChI is InChI=1S/C10H9IN4/c11-7-2-1-3-8(6-7)14-10-13-5-4-9(12)15-10/h1-6H,(H3,12,13,14,15). The molecule has 3 N–H and O–H groups in total. The van der Waals surface area contributed by atoms with Gasteiger partial charge in [-0.2, -0.15) is 4.98 Å². The zero-order valence-corrected chi connectivity index (χ0v) is 9.97. The molecule has 0 bridgehead atoms. The summed E-state index contributed by atoms with van der Waals surface area (Å²) in [7, 11) is 0. The van der Waals surface area contributed by atoms with Gasteiger partial charge in [0.15, 0.2) is 0 Å². The maximum atomic E-state index is 5.55. The van der Waals surface area contributed by atoms with E-state index in [2.05, 4.69) is 37.9 Å². The van der Waals surface area contributed by atoms with Crippen molar-refractivity contribution in [3.8, 4) is 0 Å². The van der Waals surface area contributed by atoms with Crippen LogP contribution in [0.4, 0.5) is 17.5 Å². The third-order valence-electron chi connectivity index (χ3n) is 1.76. The molecule has 0 aliphatic carbocycles. The number of aromatic nitrogens is 2. The first kappa shape index (κ1) is 10.2. The SMILES string of the molecule is Nc1ccnc(Nc2cccc(I)c2)n1. The fourth-order valence-corrected chi connectivity index (χ4v) is 1.67. The fraction of sp³-hybridized carbons (Fsp3) is 0. The molecule has 0 spiro atoms. The maximum Gasteiger partial charge on any atom is 0.229 e. The van der Waals surface area contributed by atoms with Gasteiger partial charge in [0.1, 0.15) is 5.82 Å². The lowest BCUT2D eigenvalue weighted by molar-refractivity contribution is 1.17. The molecule has 0 saturated carbocycles. The maximum absolute atomic E-state index is 5.55. The van der Waals surface area contributed by atoms with Gasteiger partial charge in [-0.15, -0.1) is 0 Å². The van der Waals surface area contributed by atoms with Crippen LogP contribution in [0.5, 0.6) is 0 Å². The number of nitrogen functional groups attached to an aromatic ring is 1. The van der Waals surface area contributed by atoms with Crippen molar-refractivity contribution in [2.45, 2.75) is 0 Å². The molecule has 4 nitrogen and oxygen atoms in total. The Labute approximate surface area is 101 Å². The summed E-state index contributed by atoms with van der Waals surface area (Å²) < 4.78 is 1.15. The highest BCUT2D eigenvalue weighted by Crippen LogP contribution is 2.15. The predicted octanol–water partition coefficient (Wildman–Crippen LogP) is 2.41. The minimum Gasteiger partial charge on any atom is -0.384 e. The quantitative estimate of drug-likeness (QED) is 0.836. The third-order valence-corrected chi connectivity index (χ3v) is 2.43. The molecule has 5 heteroatoms. The molecule has 2 aromatic rings. The number of nitrogens with two attached hydrogens (primary N) is 1. The Hall–Kier alpha value is -1.37. The van der Waals surface area contributed by atoms with Gasteiger partial charge in [0.25, 0.3) is 0 Å². The second-order valence-corrected chi connectivity index (χ2v) is 4.19. The van der Waals surface area contributed by atoms with E-state index in [-0.39, 0.29) is 0 Å². The minimum absolute atomic E-state index is 0.457. The molecular formula is C10H9IN4. The number of nitrogens with zero attached hydrogens (tertiary/aromatic N) is 2. The van der Waals surface area contributed by atoms with E-state index in [0.717, 1.165) is 9.26 Å². The smallest absolute Gasteiger partial charge is 0.229 e. The summed E-state index contributed by atoms with van der Waals surface area (Å²) in [4.78, 5) is 8.11. The van der Waals surface area contributed by atoms with Crippen molar-refractivity contribution in [3.63, 3.8) is 0 Å². The predicted molar refractivity (Wildman–Crippen MR) is 68.9 cm³/mol. The van der Waals surface area contributed by atoms with E-state index in [1.807, 2.05) is 24.3 Å². The van der Waals surface area contributed by atoms with Gasteiger partial charge < -0.3 is 11.1 Å². The lowest BCUT2D eigenvalue weighted by atomic mass is 10.3. The molecule has 0 fully saturated rings. The van der Waals surface area contributed by atoms with Crippen molar-refractivity contribution in [1.82, 2.24) is 9.97 Å². The van der Waals surface area contributed by atoms with Crippen molar-refractivity contribution in [3.05, 3.63) is 40.1 Å². The van der Waals surface area contributed by atoms with Crippen LogP contribution in [0.2, 0.25) is 0 Å². The van der Waals surface area contributed by atoms with Crippen LogP contribution >= 0.6 is 22.6 Å². The van der Waals surface area contributed by atoms with E-state index in [4.69, 9.17) is 5.73 Å². The number of hydrogen-bond acceptors (Lipinski definition) is 4. The Kier molecular flexibility index (Phi) is 3.00. The van der Waals surface area contributed by atoms with E-state index in [1.165, 1.54) is 0 Å². The van der Waals surface area contributed by atoms with Gasteiger partial charge in [0.2, 0.25) is 5.95 Å². The monoisotopic (exact) mass is 312 g/mol. The molecule has 0 atom stereocenters. The zero-order valence-electron chi connectivity index (χ0n) is 7.81. The van der Waals surface area contributed by atoms with Crippen LogP contribution in [-0.2, 0) is 0 Å². The van der Waals surface area contributed by atoms with Crippen LogP contribution in [0, 0.1) is 3.57 Å². The highest BCUT2D eigenvalue weighted by Gasteiger charge is 1.97. The molecule has 1 aromatic carbocycles. The van der Waals surface area contributed by atoms with Crippen LogP contribution in [-0.4, -0.2) is 9.97 Å². The third kappa shape index (κ3) is 2.79. The molecule has 0 amide bonds. The molecule has 0 saturated heterocycles. The summed E-state index contributed by atoms with van der Waals surface area (Å²) in [5.74, 6) is 0.968. The molecule has 0 aliphatic heterocycles. The second kappa shape index (κ2) is 4.43. The largest absolute Gasteiger partial charge is 0.384 e. The molecule has 1 aromatic heterocycles. The molecule has 1 heterocycles. The summed E-state index contributed by atoms with van der Waals surface area (Å²) in [5, 5.41) is 3.08. The summed E-state index contributed by atoms with van der Waals surface area (Å²) in [5.41, 5.74) is 6.50. The van der Waals surface area contributed by atoms with Gasteiger partial charge in [-0.05, 0) is 46.9 Å². The van der Waals surface area contributed by atoms with Crippen molar-refractivity contribution in [1.29, 1.82) is 0 Å². The lowest BCUT2D eigenvalue weighted by Gasteiger charge is -2.04. The molecule has 76 valence electrons. The molecule has 2 rings (SSSR count). The van der Waals surface area contributed by atoms with Crippen LogP contribution in [0.1, 0.15) is 0 Å². The van der Waals surface area contributed by atoms with Crippen molar-refractivity contribution in [2.24, 2.45) is 0 Å². The van der Waals surface area contributed by atoms with E-state index in [0.29, 0.717) is 11.8 Å². The molecule has 0 radical (unpaired) electrons. The first-order chi connectivity index (χ1) is 7.24. The van der Waals surface area contributed by atoms with Crippen LogP contribution in [0.25, 0.3) is 0 Å². The average molecular weight is 312 g/mol. The highest BCUT2D eigenvalue weighted by molar-refractivity contribution is 14.1. The Balaban J connectivity index is 2.22. The lowest BCUT2D eigenvalue weighted by Crippen LogP contribution is -1.99. The Bertz CT molecular complexity index is 429. The van der Waals surface area contributed by atoms with E-state index < -0.39 is 0 Å². The van der Waals surface area contributed by atoms with Gasteiger partial charge in [-0.3, -0.25) is 0 Å². The van der Waals surface area contributed by atoms with Gasteiger partial charge >= 0.3 is 0 Å². The summed E-state index contributed by atoms with van der Waals surface area (Å²) in [6, 6.07) is 9.60. The number of benzene rings is 1. The fourth-order valence-electron chi connectivity index (χ4n) is 1.13. The summed E-state index contributed by atoms with van der Waals surface area (Å²) in [6.07, 6.45) is 1.62. The second-order valence-electron chi connectivity index (χ2n) is 2.94. The van der Waals surface area contributed by atoms with Crippen LogP contribution < -0.4 is 11.1 Å². The zero-order chi connectivity index (χ0) is 10.7. The first-order valence-corrected chi connectivity index (χ1v) is 5.43. The molecule has 0 aliphatic rings. The molecular weight excluding hydrogens is 303 g/mol. The minimum atomic E-state index is 0.457. The Morgan fingerprint density at radius 2 is 2.13 bits per heavy atom. The van der Waals surface area contributed by atoms with Crippen molar-refractivity contribution >= 4 is 40.0 Å². The van der Waals surface area contributed by atoms with Gasteiger partial charge in [-0.1, -0.05) is 6.07 Å². The van der Waals surface area contributed by atoms with Crippen molar-refractivity contribution < 1.29 is 0 Å². The Morgan fingerprint density at radius 1 is 1.27 bits per heavy atom. The van der Waals surface area contributed by atoms with Gasteiger partial charge in [-0.25, -0.2) is 4.98 Å². The normalized spacial score (nSPS) is 9.93. The first-order valence-electron chi connectivity index (χ1n) is 4.35. The van der Waals surface area contributed by atoms with Crippen molar-refractivity contribution in [2.75, 3.05) is 11.1 Å². The number of hydrogen-bond donors (Lipinski definition) is 2. The number of halogens is 1. The van der Waals surface area contributed by atoms with E-state index >= 15 is 0 Å². The topological polar surface area (TPSA) is 63.8 Å². The summed E-state index contributed by atoms with van der Waals surface area (Å²) >= 11 is 2.25. The van der Waals surface area contributed by atoms with Crippen LogP contribution in [0.15, 0.2) is 36.5 Å². The number of rotatable bonds is 2. The average Bonchev–Trinajstić information content (AvgIpc) is 2.17. The van der Waals surface area contributed by atoms with Gasteiger partial charge in [0, 0.05) is 15.5 Å². The van der Waals surface area contributed by atoms with E-state index in [1.54, 1.807) is 12.3 Å². The number of nitrogens with one attached hydrogen (secondary N) is 1. The van der Waals surface area contributed by atoms with Crippen LogP contribution in [0.3, 0.4) is 0 Å². The Morgan fingerprint density at radius 3 is 2.87 bits per heavy atom. The highest BCUT2D eigenvalue weighted by atomic mass is 127. The van der Waals surface area contributed by atoms with Gasteiger partial charge in [0.05, 0.1) is 0 Å². The molecule has 0 unspecified atom stereocenters.